The van der Waals surface area contributed by atoms with Gasteiger partial charge in [-0.05, 0) is 49.2 Å². The second-order valence-corrected chi connectivity index (χ2v) is 7.39. The van der Waals surface area contributed by atoms with Crippen LogP contribution in [0, 0.1) is 0 Å². The summed E-state index contributed by atoms with van der Waals surface area (Å²) in [7, 11) is 0. The highest BCUT2D eigenvalue weighted by Gasteiger charge is 2.32. The van der Waals surface area contributed by atoms with E-state index in [1.54, 1.807) is 18.6 Å². The highest BCUT2D eigenvalue weighted by Crippen LogP contribution is 2.30. The molecule has 0 aliphatic rings. The number of nitrogens with zero attached hydrogens (tertiary/aromatic N) is 6. The Morgan fingerprint density at radius 2 is 1.90 bits per heavy atom. The first-order valence-electron chi connectivity index (χ1n) is 9.35. The summed E-state index contributed by atoms with van der Waals surface area (Å²) < 4.78 is 40.3. The molecule has 0 aromatic carbocycles. The van der Waals surface area contributed by atoms with Crippen molar-refractivity contribution < 1.29 is 13.2 Å². The van der Waals surface area contributed by atoms with Gasteiger partial charge in [0, 0.05) is 30.5 Å². The van der Waals surface area contributed by atoms with E-state index in [0.29, 0.717) is 34.8 Å². The van der Waals surface area contributed by atoms with E-state index >= 15 is 0 Å². The minimum Gasteiger partial charge on any atom is -0.364 e. The molecule has 4 rings (SSSR count). The molecule has 160 valence electrons. The summed E-state index contributed by atoms with van der Waals surface area (Å²) in [6.07, 6.45) is -0.0851. The Morgan fingerprint density at radius 1 is 1.10 bits per heavy atom. The number of halogens is 4. The number of aromatic nitrogens is 6. The maximum Gasteiger partial charge on any atom is 0.433 e. The Balaban J connectivity index is 1.64. The molecule has 0 spiro atoms. The van der Waals surface area contributed by atoms with Crippen molar-refractivity contribution >= 4 is 28.6 Å². The van der Waals surface area contributed by atoms with Gasteiger partial charge in [0.15, 0.2) is 17.0 Å². The van der Waals surface area contributed by atoms with E-state index in [0.717, 1.165) is 11.6 Å². The van der Waals surface area contributed by atoms with Crippen molar-refractivity contribution in [3.63, 3.8) is 0 Å². The average molecular weight is 448 g/mol. The van der Waals surface area contributed by atoms with Gasteiger partial charge in [-0.2, -0.15) is 23.1 Å². The van der Waals surface area contributed by atoms with Crippen LogP contribution in [0.5, 0.6) is 0 Å². The van der Waals surface area contributed by atoms with Crippen LogP contribution >= 0.6 is 11.6 Å². The monoisotopic (exact) mass is 447 g/mol. The minimum atomic E-state index is -4.50. The second-order valence-electron chi connectivity index (χ2n) is 7.05. The van der Waals surface area contributed by atoms with Crippen LogP contribution in [0.4, 0.5) is 19.0 Å². The average Bonchev–Trinajstić information content (AvgIpc) is 3.16. The first-order chi connectivity index (χ1) is 14.7. The fraction of sp³-hybridized carbons (Fsp3) is 0.250. The first-order valence-corrected chi connectivity index (χ1v) is 9.73. The van der Waals surface area contributed by atoms with Crippen molar-refractivity contribution in [3.8, 4) is 11.3 Å². The number of alkyl halides is 3. The van der Waals surface area contributed by atoms with Crippen molar-refractivity contribution in [1.82, 2.24) is 29.5 Å². The van der Waals surface area contributed by atoms with Crippen molar-refractivity contribution in [2.45, 2.75) is 32.6 Å². The Labute approximate surface area is 180 Å². The Morgan fingerprint density at radius 3 is 2.58 bits per heavy atom. The van der Waals surface area contributed by atoms with Gasteiger partial charge in [0.2, 0.25) is 5.28 Å². The third-order valence-corrected chi connectivity index (χ3v) is 4.78. The zero-order valence-corrected chi connectivity index (χ0v) is 17.3. The summed E-state index contributed by atoms with van der Waals surface area (Å²) in [5.41, 5.74) is 1.96. The molecule has 0 saturated heterocycles. The highest BCUT2D eigenvalue weighted by molar-refractivity contribution is 6.28. The molecule has 4 aromatic rings. The summed E-state index contributed by atoms with van der Waals surface area (Å²) >= 11 is 6.10. The topological polar surface area (TPSA) is 81.4 Å². The van der Waals surface area contributed by atoms with Crippen LogP contribution in [0.15, 0.2) is 43.0 Å². The number of rotatable bonds is 5. The molecular formula is C20H17ClF3N7. The number of hydrogen-bond donors (Lipinski definition) is 1. The Kier molecular flexibility index (Phi) is 5.48. The molecule has 1 N–H and O–H groups in total. The number of hydrogen-bond acceptors (Lipinski definition) is 6. The second kappa shape index (κ2) is 8.10. The molecule has 0 aliphatic heterocycles. The molecule has 0 aliphatic carbocycles. The SMILES string of the molecule is CC(C)n1cnc2c(NCc3cccnc3-c3ccc(C(F)(F)F)nc3)nc(Cl)nc21. The maximum absolute atomic E-state index is 12.8. The van der Waals surface area contributed by atoms with Crippen molar-refractivity contribution in [1.29, 1.82) is 0 Å². The molecular weight excluding hydrogens is 431 g/mol. The fourth-order valence-electron chi connectivity index (χ4n) is 3.11. The molecule has 0 fully saturated rings. The molecule has 0 bridgehead atoms. The van der Waals surface area contributed by atoms with Gasteiger partial charge in [0.25, 0.3) is 0 Å². The third-order valence-electron chi connectivity index (χ3n) is 4.62. The molecule has 0 saturated carbocycles. The number of imidazole rings is 1. The normalized spacial score (nSPS) is 12.0. The first kappa shape index (κ1) is 21.0. The van der Waals surface area contributed by atoms with Crippen LogP contribution in [0.2, 0.25) is 5.28 Å². The van der Waals surface area contributed by atoms with Gasteiger partial charge in [0.1, 0.15) is 5.69 Å². The van der Waals surface area contributed by atoms with Crippen LogP contribution in [0.3, 0.4) is 0 Å². The van der Waals surface area contributed by atoms with Gasteiger partial charge in [-0.3, -0.25) is 9.97 Å². The molecule has 11 heteroatoms. The predicted molar refractivity (Wildman–Crippen MR) is 111 cm³/mol. The van der Waals surface area contributed by atoms with E-state index in [4.69, 9.17) is 11.6 Å². The van der Waals surface area contributed by atoms with Crippen LogP contribution < -0.4 is 5.32 Å². The van der Waals surface area contributed by atoms with E-state index in [1.807, 2.05) is 24.5 Å². The lowest BCUT2D eigenvalue weighted by molar-refractivity contribution is -0.141. The van der Waals surface area contributed by atoms with Crippen molar-refractivity contribution in [3.05, 3.63) is 59.5 Å². The van der Waals surface area contributed by atoms with Crippen LogP contribution in [0.25, 0.3) is 22.4 Å². The highest BCUT2D eigenvalue weighted by atomic mass is 35.5. The van der Waals surface area contributed by atoms with Crippen molar-refractivity contribution in [2.75, 3.05) is 5.32 Å². The molecule has 4 heterocycles. The summed E-state index contributed by atoms with van der Waals surface area (Å²) in [5, 5.41) is 3.27. The Bertz CT molecular complexity index is 1220. The van der Waals surface area contributed by atoms with E-state index in [2.05, 4.69) is 30.2 Å². The third kappa shape index (κ3) is 4.29. The number of pyridine rings is 2. The molecule has 0 atom stereocenters. The summed E-state index contributed by atoms with van der Waals surface area (Å²) in [4.78, 5) is 20.7. The largest absolute Gasteiger partial charge is 0.433 e. The standard InChI is InChI=1S/C20H17ClF3N7/c1-11(2)31-10-28-16-17(29-19(21)30-18(16)31)27-9-12-4-3-7-25-15(12)13-5-6-14(26-8-13)20(22,23)24/h3-8,10-11H,9H2,1-2H3,(H,27,29,30). The summed E-state index contributed by atoms with van der Waals surface area (Å²) in [5.74, 6) is 0.453. The zero-order valence-electron chi connectivity index (χ0n) is 16.5. The molecule has 0 amide bonds. The predicted octanol–water partition coefficient (Wildman–Crippen LogP) is 5.15. The van der Waals surface area contributed by atoms with Crippen LogP contribution in [0.1, 0.15) is 31.1 Å². The fourth-order valence-corrected chi connectivity index (χ4v) is 3.28. The molecule has 4 aromatic heterocycles. The zero-order chi connectivity index (χ0) is 22.2. The summed E-state index contributed by atoms with van der Waals surface area (Å²) in [6.45, 7) is 4.30. The number of anilines is 1. The van der Waals surface area contributed by atoms with Gasteiger partial charge >= 0.3 is 6.18 Å². The lowest BCUT2D eigenvalue weighted by Gasteiger charge is -2.12. The van der Waals surface area contributed by atoms with Crippen LogP contribution in [-0.2, 0) is 12.7 Å². The van der Waals surface area contributed by atoms with E-state index in [-0.39, 0.29) is 11.3 Å². The smallest absolute Gasteiger partial charge is 0.364 e. The van der Waals surface area contributed by atoms with E-state index in [1.165, 1.54) is 12.3 Å². The maximum atomic E-state index is 12.8. The quantitative estimate of drug-likeness (QED) is 0.426. The number of nitrogens with one attached hydrogen (secondary N) is 1. The molecule has 0 unspecified atom stereocenters. The van der Waals surface area contributed by atoms with Gasteiger partial charge in [0.05, 0.1) is 12.0 Å². The number of fused-ring (bicyclic) bond motifs is 1. The van der Waals surface area contributed by atoms with Gasteiger partial charge in [-0.25, -0.2) is 4.98 Å². The van der Waals surface area contributed by atoms with Crippen LogP contribution in [-0.4, -0.2) is 29.5 Å². The molecule has 31 heavy (non-hydrogen) atoms. The van der Waals surface area contributed by atoms with E-state index < -0.39 is 11.9 Å². The lowest BCUT2D eigenvalue weighted by Crippen LogP contribution is -2.08. The summed E-state index contributed by atoms with van der Waals surface area (Å²) in [6, 6.07) is 5.99. The molecule has 7 nitrogen and oxygen atoms in total. The minimum absolute atomic E-state index is 0.0794. The lowest BCUT2D eigenvalue weighted by atomic mass is 10.1. The Hall–Kier alpha value is -3.27. The van der Waals surface area contributed by atoms with Gasteiger partial charge in [-0.1, -0.05) is 6.07 Å². The van der Waals surface area contributed by atoms with Gasteiger partial charge in [-0.15, -0.1) is 0 Å². The van der Waals surface area contributed by atoms with Gasteiger partial charge < -0.3 is 9.88 Å². The van der Waals surface area contributed by atoms with Crippen molar-refractivity contribution in [2.24, 2.45) is 0 Å². The van der Waals surface area contributed by atoms with E-state index in [9.17, 15) is 13.2 Å². The molecule has 0 radical (unpaired) electrons.